The minimum Gasteiger partial charge on any atom is -0.402 e. The molecule has 2 rings (SSSR count). The number of nitrogens with two attached hydrogens (primary N) is 1. The lowest BCUT2D eigenvalue weighted by molar-refractivity contribution is -0.137. The van der Waals surface area contributed by atoms with Gasteiger partial charge < -0.3 is 20.7 Å². The summed E-state index contributed by atoms with van der Waals surface area (Å²) in [4.78, 5) is 13.2. The van der Waals surface area contributed by atoms with E-state index in [1.165, 1.54) is 19.1 Å². The monoisotopic (exact) mass is 329 g/mol. The number of amides is 1. The summed E-state index contributed by atoms with van der Waals surface area (Å²) in [6.07, 6.45) is -3.41. The molecule has 126 valence electrons. The van der Waals surface area contributed by atoms with Gasteiger partial charge in [0.2, 0.25) is 5.91 Å². The zero-order valence-corrected chi connectivity index (χ0v) is 12.6. The highest BCUT2D eigenvalue weighted by atomic mass is 19.4. The molecule has 23 heavy (non-hydrogen) atoms. The van der Waals surface area contributed by atoms with Gasteiger partial charge in [0.25, 0.3) is 0 Å². The van der Waals surface area contributed by atoms with Crippen molar-refractivity contribution in [3.05, 3.63) is 35.5 Å². The lowest BCUT2D eigenvalue weighted by Crippen LogP contribution is -2.37. The Kier molecular flexibility index (Phi) is 5.15. The van der Waals surface area contributed by atoms with E-state index < -0.39 is 17.6 Å². The van der Waals surface area contributed by atoms with Crippen molar-refractivity contribution >= 4 is 17.3 Å². The number of allylic oxidation sites excluding steroid dienone is 1. The van der Waals surface area contributed by atoms with Crippen LogP contribution in [0.5, 0.6) is 0 Å². The normalized spacial score (nSPS) is 16.3. The van der Waals surface area contributed by atoms with Crippen molar-refractivity contribution in [2.75, 3.05) is 36.5 Å². The Morgan fingerprint density at radius 2 is 2.00 bits per heavy atom. The van der Waals surface area contributed by atoms with Gasteiger partial charge in [0.15, 0.2) is 0 Å². The van der Waals surface area contributed by atoms with Crippen molar-refractivity contribution in [2.24, 2.45) is 5.73 Å². The fourth-order valence-corrected chi connectivity index (χ4v) is 2.31. The van der Waals surface area contributed by atoms with E-state index in [1.807, 2.05) is 0 Å². The van der Waals surface area contributed by atoms with Gasteiger partial charge in [0, 0.05) is 36.2 Å². The molecule has 1 amide bonds. The molecule has 0 unspecified atom stereocenters. The minimum absolute atomic E-state index is 0.0665. The molecule has 1 aromatic rings. The van der Waals surface area contributed by atoms with Gasteiger partial charge >= 0.3 is 6.18 Å². The number of morpholine rings is 1. The van der Waals surface area contributed by atoms with Gasteiger partial charge in [0.05, 0.1) is 18.8 Å². The molecule has 0 aliphatic carbocycles. The molecule has 0 spiro atoms. The van der Waals surface area contributed by atoms with Gasteiger partial charge in [-0.05, 0) is 25.1 Å². The average Bonchev–Trinajstić information content (AvgIpc) is 2.46. The van der Waals surface area contributed by atoms with E-state index >= 15 is 0 Å². The zero-order valence-electron chi connectivity index (χ0n) is 12.6. The van der Waals surface area contributed by atoms with Crippen LogP contribution in [0.25, 0.3) is 0 Å². The minimum atomic E-state index is -4.52. The van der Waals surface area contributed by atoms with E-state index in [1.54, 1.807) is 4.90 Å². The molecule has 8 heteroatoms. The Morgan fingerprint density at radius 1 is 1.35 bits per heavy atom. The SMILES string of the molecule is C/C(N)=C/C(=O)Nc1ccc(N2CCOCC2)c(C(F)(F)F)c1. The van der Waals surface area contributed by atoms with Gasteiger partial charge in [-0.2, -0.15) is 13.2 Å². The van der Waals surface area contributed by atoms with Crippen LogP contribution in [0.4, 0.5) is 24.5 Å². The van der Waals surface area contributed by atoms with E-state index in [2.05, 4.69) is 5.32 Å². The van der Waals surface area contributed by atoms with Crippen LogP contribution in [-0.2, 0) is 15.7 Å². The van der Waals surface area contributed by atoms with Crippen LogP contribution >= 0.6 is 0 Å². The second-order valence-electron chi connectivity index (χ2n) is 5.21. The third-order valence-corrected chi connectivity index (χ3v) is 3.28. The second-order valence-corrected chi connectivity index (χ2v) is 5.21. The predicted octanol–water partition coefficient (Wildman–Crippen LogP) is 2.34. The number of carbonyl (C=O) groups is 1. The molecule has 5 nitrogen and oxygen atoms in total. The van der Waals surface area contributed by atoms with Crippen LogP contribution in [0, 0.1) is 0 Å². The van der Waals surface area contributed by atoms with Crippen molar-refractivity contribution in [3.8, 4) is 0 Å². The number of alkyl halides is 3. The molecule has 1 aliphatic heterocycles. The topological polar surface area (TPSA) is 67.6 Å². The third-order valence-electron chi connectivity index (χ3n) is 3.28. The maximum absolute atomic E-state index is 13.3. The van der Waals surface area contributed by atoms with Crippen LogP contribution in [0.3, 0.4) is 0 Å². The summed E-state index contributed by atoms with van der Waals surface area (Å²) in [5.74, 6) is -0.572. The van der Waals surface area contributed by atoms with E-state index in [4.69, 9.17) is 10.5 Å². The standard InChI is InChI=1S/C15H18F3N3O2/c1-10(19)8-14(22)20-11-2-3-13(12(9-11)15(16,17)18)21-4-6-23-7-5-21/h2-3,8-9H,4-7,19H2,1H3,(H,20,22)/b10-8-. The number of anilines is 2. The van der Waals surface area contributed by atoms with Gasteiger partial charge in [-0.3, -0.25) is 4.79 Å². The van der Waals surface area contributed by atoms with E-state index in [0.717, 1.165) is 12.1 Å². The summed E-state index contributed by atoms with van der Waals surface area (Å²) in [5.41, 5.74) is 5.00. The van der Waals surface area contributed by atoms with Crippen molar-refractivity contribution in [3.63, 3.8) is 0 Å². The third kappa shape index (κ3) is 4.62. The molecular formula is C15H18F3N3O2. The fraction of sp³-hybridized carbons (Fsp3) is 0.400. The smallest absolute Gasteiger partial charge is 0.402 e. The lowest BCUT2D eigenvalue weighted by Gasteiger charge is -2.31. The van der Waals surface area contributed by atoms with E-state index in [9.17, 15) is 18.0 Å². The second kappa shape index (κ2) is 6.91. The molecule has 1 fully saturated rings. The molecule has 0 saturated carbocycles. The number of nitrogens with zero attached hydrogens (tertiary/aromatic N) is 1. The molecule has 1 aromatic carbocycles. The maximum atomic E-state index is 13.3. The largest absolute Gasteiger partial charge is 0.418 e. The van der Waals surface area contributed by atoms with Gasteiger partial charge in [-0.1, -0.05) is 0 Å². The van der Waals surface area contributed by atoms with E-state index in [0.29, 0.717) is 26.3 Å². The predicted molar refractivity (Wildman–Crippen MR) is 81.1 cm³/mol. The molecule has 0 aromatic heterocycles. The first kappa shape index (κ1) is 17.1. The number of hydrogen-bond donors (Lipinski definition) is 2. The Balaban J connectivity index is 2.31. The lowest BCUT2D eigenvalue weighted by atomic mass is 10.1. The molecule has 1 aliphatic rings. The van der Waals surface area contributed by atoms with Crippen LogP contribution in [0.2, 0.25) is 0 Å². The summed E-state index contributed by atoms with van der Waals surface area (Å²) in [7, 11) is 0. The number of halogens is 3. The molecule has 0 atom stereocenters. The maximum Gasteiger partial charge on any atom is 0.418 e. The van der Waals surface area contributed by atoms with Crippen LogP contribution in [0.1, 0.15) is 12.5 Å². The Bertz CT molecular complexity index is 604. The first-order valence-electron chi connectivity index (χ1n) is 7.06. The highest BCUT2D eigenvalue weighted by Gasteiger charge is 2.35. The number of carbonyl (C=O) groups excluding carboxylic acids is 1. The van der Waals surface area contributed by atoms with Gasteiger partial charge in [-0.25, -0.2) is 0 Å². The molecule has 3 N–H and O–H groups in total. The molecule has 0 radical (unpaired) electrons. The molecule has 1 heterocycles. The Hall–Kier alpha value is -2.22. The first-order valence-corrected chi connectivity index (χ1v) is 7.06. The number of rotatable bonds is 3. The first-order chi connectivity index (χ1) is 10.8. The van der Waals surface area contributed by atoms with Crippen LogP contribution in [-0.4, -0.2) is 32.2 Å². The average molecular weight is 329 g/mol. The van der Waals surface area contributed by atoms with Crippen LogP contribution < -0.4 is 16.0 Å². The number of benzene rings is 1. The van der Waals surface area contributed by atoms with Crippen molar-refractivity contribution in [1.82, 2.24) is 0 Å². The van der Waals surface area contributed by atoms with Gasteiger partial charge in [0.1, 0.15) is 0 Å². The highest BCUT2D eigenvalue weighted by Crippen LogP contribution is 2.38. The summed E-state index contributed by atoms with van der Waals surface area (Å²) in [6, 6.07) is 3.74. The van der Waals surface area contributed by atoms with Crippen molar-refractivity contribution in [2.45, 2.75) is 13.1 Å². The summed E-state index contributed by atoms with van der Waals surface area (Å²) < 4.78 is 45.1. The van der Waals surface area contributed by atoms with Crippen molar-refractivity contribution in [1.29, 1.82) is 0 Å². The summed E-state index contributed by atoms with van der Waals surface area (Å²) >= 11 is 0. The summed E-state index contributed by atoms with van der Waals surface area (Å²) in [5, 5.41) is 2.38. The number of ether oxygens (including phenoxy) is 1. The van der Waals surface area contributed by atoms with Crippen LogP contribution in [0.15, 0.2) is 30.0 Å². The zero-order chi connectivity index (χ0) is 17.0. The highest BCUT2D eigenvalue weighted by molar-refractivity contribution is 5.99. The molecule has 1 saturated heterocycles. The number of hydrogen-bond acceptors (Lipinski definition) is 4. The molecule has 0 bridgehead atoms. The number of nitrogens with one attached hydrogen (secondary N) is 1. The Morgan fingerprint density at radius 3 is 2.57 bits per heavy atom. The van der Waals surface area contributed by atoms with E-state index in [-0.39, 0.29) is 17.1 Å². The fourth-order valence-electron chi connectivity index (χ4n) is 2.31. The Labute approximate surface area is 131 Å². The quantitative estimate of drug-likeness (QED) is 0.836. The summed E-state index contributed by atoms with van der Waals surface area (Å²) in [6.45, 7) is 3.07. The van der Waals surface area contributed by atoms with Crippen molar-refractivity contribution < 1.29 is 22.7 Å². The molecular weight excluding hydrogens is 311 g/mol. The van der Waals surface area contributed by atoms with Gasteiger partial charge in [-0.15, -0.1) is 0 Å².